The normalized spacial score (nSPS) is 7.20. The van der Waals surface area contributed by atoms with Gasteiger partial charge in [0.05, 0.1) is 0 Å². The van der Waals surface area contributed by atoms with Crippen molar-refractivity contribution < 1.29 is 22.4 Å². The fourth-order valence-corrected chi connectivity index (χ4v) is 0. The summed E-state index contributed by atoms with van der Waals surface area (Å²) in [7, 11) is 0. The van der Waals surface area contributed by atoms with Crippen LogP contribution in [-0.4, -0.2) is 0 Å². The summed E-state index contributed by atoms with van der Waals surface area (Å²) >= 11 is 0. The molecule has 36 valence electrons. The Morgan fingerprint density at radius 1 is 1.00 bits per heavy atom. The van der Waals surface area contributed by atoms with Gasteiger partial charge in [0.1, 0.15) is 0 Å². The fourth-order valence-electron chi connectivity index (χ4n) is 0. The fraction of sp³-hybridized carbons (Fsp3) is 0.750. The molecule has 0 aliphatic rings. The predicted molar refractivity (Wildman–Crippen MR) is 20.3 cm³/mol. The maximum Gasteiger partial charge on any atom is 0 e. The van der Waals surface area contributed by atoms with Crippen LogP contribution < -0.4 is 0 Å². The van der Waals surface area contributed by atoms with Gasteiger partial charge >= 0.3 is 0 Å². The van der Waals surface area contributed by atoms with E-state index in [0.29, 0.717) is 0 Å². The summed E-state index contributed by atoms with van der Waals surface area (Å²) in [5, 5.41) is 0. The molecule has 0 aromatic carbocycles. The van der Waals surface area contributed by atoms with Gasteiger partial charge in [0.2, 0.25) is 0 Å². The van der Waals surface area contributed by atoms with Crippen molar-refractivity contribution in [3.8, 4) is 0 Å². The molecular formula is C4H9Ag. The third kappa shape index (κ3) is 65.0. The third-order valence-electron chi connectivity index (χ3n) is 0. The Labute approximate surface area is 49.5 Å². The van der Waals surface area contributed by atoms with Crippen LogP contribution in [-0.2, 0) is 22.4 Å². The molecule has 0 atom stereocenters. The Bertz CT molecular complexity index is 8.36. The summed E-state index contributed by atoms with van der Waals surface area (Å²) in [6.07, 6.45) is 0. The van der Waals surface area contributed by atoms with E-state index < -0.39 is 0 Å². The first-order chi connectivity index (χ1) is 1.73. The molecule has 0 rings (SSSR count). The summed E-state index contributed by atoms with van der Waals surface area (Å²) in [4.78, 5) is 0. The predicted octanol–water partition coefficient (Wildman–Crippen LogP) is 1.62. The molecule has 1 heteroatoms. The van der Waals surface area contributed by atoms with Gasteiger partial charge < -0.3 is 0 Å². The molecule has 0 amide bonds. The number of hydrogen-bond donors (Lipinski definition) is 0. The van der Waals surface area contributed by atoms with Gasteiger partial charge in [0, 0.05) is 22.4 Å². The minimum Gasteiger partial charge on any atom is -0.0597 e. The maximum atomic E-state index is 2.08. The molecule has 0 aromatic rings. The van der Waals surface area contributed by atoms with Crippen LogP contribution in [0, 0.1) is 5.92 Å². The standard InChI is InChI=1S/C4H9.Ag/c1-4(2)3;/h1-3H3;. The van der Waals surface area contributed by atoms with Gasteiger partial charge in [-0.15, -0.1) is 0 Å². The summed E-state index contributed by atoms with van der Waals surface area (Å²) in [5.41, 5.74) is 0. The molecule has 2 radical (unpaired) electrons. The van der Waals surface area contributed by atoms with E-state index in [1.807, 2.05) is 0 Å². The SMILES string of the molecule is C[C](C)C.[Ag]. The second-order valence-electron chi connectivity index (χ2n) is 1.50. The average Bonchev–Trinajstić information content (AvgIpc) is 0.811. The molecule has 0 aromatic heterocycles. The van der Waals surface area contributed by atoms with Crippen LogP contribution >= 0.6 is 0 Å². The molecule has 0 bridgehead atoms. The van der Waals surface area contributed by atoms with Gasteiger partial charge in [-0.25, -0.2) is 0 Å². The van der Waals surface area contributed by atoms with Crippen molar-refractivity contribution in [1.29, 1.82) is 0 Å². The van der Waals surface area contributed by atoms with Crippen molar-refractivity contribution in [3.05, 3.63) is 5.92 Å². The van der Waals surface area contributed by atoms with E-state index in [4.69, 9.17) is 0 Å². The summed E-state index contributed by atoms with van der Waals surface area (Å²) < 4.78 is 0. The van der Waals surface area contributed by atoms with Crippen molar-refractivity contribution in [2.24, 2.45) is 0 Å². The molecule has 0 aliphatic carbocycles. The molecule has 0 heterocycles. The van der Waals surface area contributed by atoms with E-state index in [9.17, 15) is 0 Å². The summed E-state index contributed by atoms with van der Waals surface area (Å²) in [6, 6.07) is 0. The van der Waals surface area contributed by atoms with Crippen molar-refractivity contribution in [2.75, 3.05) is 0 Å². The molecule has 0 fully saturated rings. The average molecular weight is 165 g/mol. The van der Waals surface area contributed by atoms with Crippen LogP contribution in [0.3, 0.4) is 0 Å². The zero-order valence-corrected chi connectivity index (χ0v) is 5.28. The monoisotopic (exact) mass is 164 g/mol. The smallest absolute Gasteiger partial charge is 0 e. The summed E-state index contributed by atoms with van der Waals surface area (Å²) in [5.74, 6) is 1.42. The van der Waals surface area contributed by atoms with Crippen LogP contribution in [0.5, 0.6) is 0 Å². The van der Waals surface area contributed by atoms with Crippen LogP contribution in [0.2, 0.25) is 0 Å². The van der Waals surface area contributed by atoms with Crippen LogP contribution in [0.15, 0.2) is 0 Å². The zero-order valence-electron chi connectivity index (χ0n) is 3.80. The van der Waals surface area contributed by atoms with Crippen molar-refractivity contribution in [2.45, 2.75) is 20.8 Å². The number of hydrogen-bond acceptors (Lipinski definition) is 0. The molecule has 0 aliphatic heterocycles. The van der Waals surface area contributed by atoms with E-state index in [-0.39, 0.29) is 22.4 Å². The molecule has 5 heavy (non-hydrogen) atoms. The van der Waals surface area contributed by atoms with Gasteiger partial charge in [-0.1, -0.05) is 20.8 Å². The van der Waals surface area contributed by atoms with E-state index in [1.165, 1.54) is 5.92 Å². The van der Waals surface area contributed by atoms with E-state index in [1.54, 1.807) is 0 Å². The minimum absolute atomic E-state index is 0. The molecule has 0 nitrogen and oxygen atoms in total. The summed E-state index contributed by atoms with van der Waals surface area (Å²) in [6.45, 7) is 6.25. The second-order valence-corrected chi connectivity index (χ2v) is 1.50. The van der Waals surface area contributed by atoms with Gasteiger partial charge in [-0.2, -0.15) is 0 Å². The minimum atomic E-state index is 0. The first kappa shape index (κ1) is 9.22. The zero-order chi connectivity index (χ0) is 3.58. The van der Waals surface area contributed by atoms with Crippen LogP contribution in [0.4, 0.5) is 0 Å². The van der Waals surface area contributed by atoms with Gasteiger partial charge in [0.25, 0.3) is 0 Å². The molecule has 0 unspecified atom stereocenters. The Hall–Kier alpha value is 0.740. The van der Waals surface area contributed by atoms with Crippen molar-refractivity contribution >= 4 is 0 Å². The Kier molecular flexibility index (Phi) is 8.74. The molecule has 0 saturated heterocycles. The largest absolute Gasteiger partial charge is 0.0597 e. The molecule has 0 spiro atoms. The molecule has 0 N–H and O–H groups in total. The Morgan fingerprint density at radius 3 is 1.00 bits per heavy atom. The van der Waals surface area contributed by atoms with Crippen molar-refractivity contribution in [1.82, 2.24) is 0 Å². The van der Waals surface area contributed by atoms with E-state index in [2.05, 4.69) is 20.8 Å². The van der Waals surface area contributed by atoms with Crippen LogP contribution in [0.25, 0.3) is 0 Å². The van der Waals surface area contributed by atoms with Crippen LogP contribution in [0.1, 0.15) is 20.8 Å². The molecular weight excluding hydrogens is 156 g/mol. The first-order valence-corrected chi connectivity index (χ1v) is 1.50. The topological polar surface area (TPSA) is 0 Å². The molecule has 0 saturated carbocycles. The van der Waals surface area contributed by atoms with E-state index in [0.717, 1.165) is 0 Å². The Balaban J connectivity index is 0. The Morgan fingerprint density at radius 2 is 1.00 bits per heavy atom. The number of rotatable bonds is 0. The third-order valence-corrected chi connectivity index (χ3v) is 0. The first-order valence-electron chi connectivity index (χ1n) is 1.50. The van der Waals surface area contributed by atoms with Crippen molar-refractivity contribution in [3.63, 3.8) is 0 Å². The quantitative estimate of drug-likeness (QED) is 0.478. The van der Waals surface area contributed by atoms with E-state index >= 15 is 0 Å². The second kappa shape index (κ2) is 4.74. The van der Waals surface area contributed by atoms with Gasteiger partial charge in [-0.05, 0) is 5.92 Å². The maximum absolute atomic E-state index is 2.08. The van der Waals surface area contributed by atoms with Gasteiger partial charge in [0.15, 0.2) is 0 Å². The van der Waals surface area contributed by atoms with Gasteiger partial charge in [-0.3, -0.25) is 0 Å².